The zero-order valence-corrected chi connectivity index (χ0v) is 22.2. The number of nitrogens with zero attached hydrogens (tertiary/aromatic N) is 2. The standard InChI is InChI=1S/C32H30N2O3S/c1-36-26-16-10-23(11-17-26)22-34(32(35)33-18-20-37-21-19-33)25-14-12-24(13-15-25)31-27-6-2-4-8-29(27)38-30-9-5-3-7-28(30)31/h2-17,31H,18-22H2,1H3. The summed E-state index contributed by atoms with van der Waals surface area (Å²) in [5.74, 6) is 0.957. The van der Waals surface area contributed by atoms with Crippen LogP contribution in [0.1, 0.15) is 28.2 Å². The van der Waals surface area contributed by atoms with Gasteiger partial charge in [-0.1, -0.05) is 72.4 Å². The third-order valence-corrected chi connectivity index (χ3v) is 8.41. The molecule has 0 aromatic heterocycles. The minimum atomic E-state index is 0.00151. The van der Waals surface area contributed by atoms with Crippen LogP contribution in [0.2, 0.25) is 0 Å². The Kier molecular flexibility index (Phi) is 7.08. The van der Waals surface area contributed by atoms with E-state index in [0.29, 0.717) is 32.8 Å². The number of fused-ring (bicyclic) bond motifs is 2. The molecule has 2 aliphatic rings. The first kappa shape index (κ1) is 24.6. The number of rotatable bonds is 5. The van der Waals surface area contributed by atoms with E-state index in [0.717, 1.165) is 17.0 Å². The second-order valence-corrected chi connectivity index (χ2v) is 10.6. The molecule has 0 saturated carbocycles. The number of hydrogen-bond acceptors (Lipinski definition) is 4. The molecule has 38 heavy (non-hydrogen) atoms. The average Bonchev–Trinajstić information content (AvgIpc) is 2.99. The summed E-state index contributed by atoms with van der Waals surface area (Å²) in [4.78, 5) is 20.1. The SMILES string of the molecule is COc1ccc(CN(C(=O)N2CCOCC2)c2ccc(C3c4ccccc4Sc4ccccc43)cc2)cc1. The van der Waals surface area contributed by atoms with E-state index < -0.39 is 0 Å². The van der Waals surface area contributed by atoms with Crippen molar-refractivity contribution in [2.45, 2.75) is 22.3 Å². The van der Waals surface area contributed by atoms with E-state index in [9.17, 15) is 4.79 Å². The monoisotopic (exact) mass is 522 g/mol. The second-order valence-electron chi connectivity index (χ2n) is 9.52. The molecule has 6 heteroatoms. The van der Waals surface area contributed by atoms with Crippen LogP contribution in [0.5, 0.6) is 5.75 Å². The fourth-order valence-electron chi connectivity index (χ4n) is 5.22. The first-order valence-electron chi connectivity index (χ1n) is 12.9. The van der Waals surface area contributed by atoms with E-state index in [2.05, 4.69) is 72.8 Å². The van der Waals surface area contributed by atoms with Gasteiger partial charge in [-0.05, 0) is 58.7 Å². The highest BCUT2D eigenvalue weighted by atomic mass is 32.2. The van der Waals surface area contributed by atoms with E-state index in [-0.39, 0.29) is 11.9 Å². The van der Waals surface area contributed by atoms with Gasteiger partial charge in [-0.25, -0.2) is 4.79 Å². The zero-order chi connectivity index (χ0) is 25.9. The molecule has 2 amide bonds. The largest absolute Gasteiger partial charge is 0.497 e. The molecule has 2 aliphatic heterocycles. The van der Waals surface area contributed by atoms with E-state index in [1.165, 1.54) is 26.5 Å². The molecule has 0 bridgehead atoms. The van der Waals surface area contributed by atoms with Crippen molar-refractivity contribution in [2.75, 3.05) is 38.3 Å². The lowest BCUT2D eigenvalue weighted by Crippen LogP contribution is -2.48. The minimum absolute atomic E-state index is 0.00151. The summed E-state index contributed by atoms with van der Waals surface area (Å²) in [7, 11) is 1.66. The molecular weight excluding hydrogens is 492 g/mol. The first-order chi connectivity index (χ1) is 18.7. The van der Waals surface area contributed by atoms with Crippen molar-refractivity contribution in [1.29, 1.82) is 0 Å². The topological polar surface area (TPSA) is 42.0 Å². The van der Waals surface area contributed by atoms with Gasteiger partial charge in [0.1, 0.15) is 5.75 Å². The number of urea groups is 1. The average molecular weight is 523 g/mol. The van der Waals surface area contributed by atoms with Crippen LogP contribution in [0.4, 0.5) is 10.5 Å². The van der Waals surface area contributed by atoms with Crippen LogP contribution >= 0.6 is 11.8 Å². The van der Waals surface area contributed by atoms with Crippen LogP contribution in [0, 0.1) is 0 Å². The van der Waals surface area contributed by atoms with Gasteiger partial charge in [0.25, 0.3) is 0 Å². The van der Waals surface area contributed by atoms with Gasteiger partial charge in [-0.2, -0.15) is 0 Å². The van der Waals surface area contributed by atoms with Crippen LogP contribution in [0.15, 0.2) is 107 Å². The summed E-state index contributed by atoms with van der Waals surface area (Å²) in [5.41, 5.74) is 5.79. The van der Waals surface area contributed by atoms with E-state index in [1.807, 2.05) is 45.8 Å². The van der Waals surface area contributed by atoms with Crippen LogP contribution in [0.3, 0.4) is 0 Å². The summed E-state index contributed by atoms with van der Waals surface area (Å²) in [6.45, 7) is 2.82. The molecule has 192 valence electrons. The highest BCUT2D eigenvalue weighted by Gasteiger charge is 2.28. The van der Waals surface area contributed by atoms with Gasteiger partial charge in [0.05, 0.1) is 26.9 Å². The number of benzene rings is 4. The lowest BCUT2D eigenvalue weighted by molar-refractivity contribution is 0.0548. The Hall–Kier alpha value is -3.74. The Morgan fingerprint density at radius 1 is 0.868 bits per heavy atom. The molecule has 0 spiro atoms. The van der Waals surface area contributed by atoms with Crippen molar-refractivity contribution in [3.63, 3.8) is 0 Å². The number of methoxy groups -OCH3 is 1. The molecule has 0 aliphatic carbocycles. The number of carbonyl (C=O) groups is 1. The maximum Gasteiger partial charge on any atom is 0.324 e. The van der Waals surface area contributed by atoms with E-state index in [1.54, 1.807) is 7.11 Å². The lowest BCUT2D eigenvalue weighted by Gasteiger charge is -2.33. The van der Waals surface area contributed by atoms with Crippen LogP contribution < -0.4 is 9.64 Å². The number of anilines is 1. The van der Waals surface area contributed by atoms with Gasteiger partial charge in [0.2, 0.25) is 0 Å². The van der Waals surface area contributed by atoms with E-state index >= 15 is 0 Å². The fraction of sp³-hybridized carbons (Fsp3) is 0.219. The molecule has 4 aromatic rings. The molecule has 5 nitrogen and oxygen atoms in total. The normalized spacial score (nSPS) is 14.9. The fourth-order valence-corrected chi connectivity index (χ4v) is 6.36. The minimum Gasteiger partial charge on any atom is -0.497 e. The molecular formula is C32H30N2O3S. The molecule has 0 atom stereocenters. The number of morpholine rings is 1. The number of hydrogen-bond donors (Lipinski definition) is 0. The smallest absolute Gasteiger partial charge is 0.324 e. The Morgan fingerprint density at radius 2 is 1.47 bits per heavy atom. The summed E-state index contributed by atoms with van der Waals surface area (Å²) in [6.07, 6.45) is 0. The lowest BCUT2D eigenvalue weighted by atomic mass is 9.84. The summed E-state index contributed by atoms with van der Waals surface area (Å²) in [5, 5.41) is 0. The zero-order valence-electron chi connectivity index (χ0n) is 21.4. The van der Waals surface area contributed by atoms with Crippen molar-refractivity contribution < 1.29 is 14.3 Å². The van der Waals surface area contributed by atoms with Crippen molar-refractivity contribution in [2.24, 2.45) is 0 Å². The number of amides is 2. The van der Waals surface area contributed by atoms with Gasteiger partial charge in [-0.15, -0.1) is 0 Å². The first-order valence-corrected chi connectivity index (χ1v) is 13.8. The predicted molar refractivity (Wildman–Crippen MR) is 151 cm³/mol. The highest BCUT2D eigenvalue weighted by Crippen LogP contribution is 2.48. The Bertz CT molecular complexity index is 1370. The molecule has 0 radical (unpaired) electrons. The predicted octanol–water partition coefficient (Wildman–Crippen LogP) is 6.80. The van der Waals surface area contributed by atoms with E-state index in [4.69, 9.17) is 9.47 Å². The third-order valence-electron chi connectivity index (χ3n) is 7.23. The van der Waals surface area contributed by atoms with Crippen molar-refractivity contribution in [3.8, 4) is 5.75 Å². The van der Waals surface area contributed by atoms with Crippen molar-refractivity contribution in [1.82, 2.24) is 4.90 Å². The van der Waals surface area contributed by atoms with Gasteiger partial charge in [0, 0.05) is 34.5 Å². The maximum absolute atomic E-state index is 13.7. The molecule has 0 N–H and O–H groups in total. The third kappa shape index (κ3) is 4.89. The molecule has 0 unspecified atom stereocenters. The Labute approximate surface area is 228 Å². The van der Waals surface area contributed by atoms with Crippen LogP contribution in [0.25, 0.3) is 0 Å². The van der Waals surface area contributed by atoms with Gasteiger partial charge < -0.3 is 14.4 Å². The van der Waals surface area contributed by atoms with Crippen LogP contribution in [-0.4, -0.2) is 44.3 Å². The van der Waals surface area contributed by atoms with Crippen molar-refractivity contribution in [3.05, 3.63) is 119 Å². The highest BCUT2D eigenvalue weighted by molar-refractivity contribution is 7.99. The summed E-state index contributed by atoms with van der Waals surface area (Å²) < 4.78 is 10.8. The molecule has 6 rings (SSSR count). The maximum atomic E-state index is 13.7. The van der Waals surface area contributed by atoms with Crippen LogP contribution in [-0.2, 0) is 11.3 Å². The Balaban J connectivity index is 1.34. The quantitative estimate of drug-likeness (QED) is 0.255. The number of ether oxygens (including phenoxy) is 2. The molecule has 1 saturated heterocycles. The Morgan fingerprint density at radius 3 is 2.08 bits per heavy atom. The van der Waals surface area contributed by atoms with Crippen molar-refractivity contribution >= 4 is 23.5 Å². The number of carbonyl (C=O) groups excluding carboxylic acids is 1. The summed E-state index contributed by atoms with van der Waals surface area (Å²) >= 11 is 1.83. The van der Waals surface area contributed by atoms with Gasteiger partial charge in [0.15, 0.2) is 0 Å². The van der Waals surface area contributed by atoms with Gasteiger partial charge >= 0.3 is 6.03 Å². The second kappa shape index (κ2) is 10.9. The summed E-state index contributed by atoms with van der Waals surface area (Å²) in [6, 6.07) is 33.7. The molecule has 2 heterocycles. The molecule has 1 fully saturated rings. The van der Waals surface area contributed by atoms with Gasteiger partial charge in [-0.3, -0.25) is 4.90 Å². The molecule has 4 aromatic carbocycles.